The molecule has 1 N–H and O–H groups in total. The van der Waals surface area contributed by atoms with Gasteiger partial charge < -0.3 is 24.3 Å². The molecule has 8 heteroatoms. The summed E-state index contributed by atoms with van der Waals surface area (Å²) in [7, 11) is 1.98. The molecule has 7 nitrogen and oxygen atoms in total. The van der Waals surface area contributed by atoms with Crippen LogP contribution in [0.5, 0.6) is 0 Å². The Kier molecular flexibility index (Phi) is 5.87. The van der Waals surface area contributed by atoms with Gasteiger partial charge in [0.05, 0.1) is 11.9 Å². The first-order valence-corrected chi connectivity index (χ1v) is 10.2. The number of rotatable bonds is 4. The van der Waals surface area contributed by atoms with E-state index in [1.165, 1.54) is 18.4 Å². The number of likely N-dealkylation sites (tertiary alicyclic amines) is 1. The highest BCUT2D eigenvalue weighted by Gasteiger charge is 2.44. The van der Waals surface area contributed by atoms with Crippen molar-refractivity contribution in [3.05, 3.63) is 59.8 Å². The summed E-state index contributed by atoms with van der Waals surface area (Å²) >= 11 is 0. The van der Waals surface area contributed by atoms with Crippen LogP contribution in [0.2, 0.25) is 0 Å². The number of nitrogens with one attached hydrogen (secondary N) is 1. The Morgan fingerprint density at radius 1 is 1.20 bits per heavy atom. The van der Waals surface area contributed by atoms with Crippen LogP contribution in [0.4, 0.5) is 4.39 Å². The van der Waals surface area contributed by atoms with E-state index in [0.717, 1.165) is 12.1 Å². The maximum Gasteiger partial charge on any atom is 0.289 e. The number of furan rings is 1. The number of carbonyl (C=O) groups is 2. The number of halogens is 1. The molecule has 30 heavy (non-hydrogen) atoms. The van der Waals surface area contributed by atoms with E-state index in [1.807, 2.05) is 7.05 Å². The minimum Gasteiger partial charge on any atom is -0.459 e. The monoisotopic (exact) mass is 415 g/mol. The third kappa shape index (κ3) is 4.55. The van der Waals surface area contributed by atoms with Gasteiger partial charge in [-0.2, -0.15) is 0 Å². The lowest BCUT2D eigenvalue weighted by molar-refractivity contribution is -0.180. The lowest BCUT2D eigenvalue weighted by Gasteiger charge is -2.48. The van der Waals surface area contributed by atoms with Crippen LogP contribution in [0.1, 0.15) is 29.0 Å². The van der Waals surface area contributed by atoms with E-state index in [4.69, 9.17) is 9.15 Å². The molecule has 2 fully saturated rings. The average Bonchev–Trinajstić information content (AvgIpc) is 3.27. The molecule has 4 rings (SSSR count). The summed E-state index contributed by atoms with van der Waals surface area (Å²) < 4.78 is 24.6. The highest BCUT2D eigenvalue weighted by atomic mass is 19.1. The second-order valence-corrected chi connectivity index (χ2v) is 8.10. The average molecular weight is 415 g/mol. The molecule has 2 aliphatic rings. The smallest absolute Gasteiger partial charge is 0.289 e. The normalized spacial score (nSPS) is 21.5. The van der Waals surface area contributed by atoms with Gasteiger partial charge >= 0.3 is 0 Å². The van der Waals surface area contributed by atoms with Gasteiger partial charge in [0, 0.05) is 32.7 Å². The first-order chi connectivity index (χ1) is 14.4. The van der Waals surface area contributed by atoms with Crippen molar-refractivity contribution in [3.8, 4) is 0 Å². The molecule has 0 unspecified atom stereocenters. The van der Waals surface area contributed by atoms with Gasteiger partial charge in [0.1, 0.15) is 11.9 Å². The fraction of sp³-hybridized carbons (Fsp3) is 0.455. The Hall–Kier alpha value is -2.71. The first-order valence-electron chi connectivity index (χ1n) is 10.2. The largest absolute Gasteiger partial charge is 0.459 e. The topological polar surface area (TPSA) is 75.0 Å². The zero-order valence-corrected chi connectivity index (χ0v) is 17.0. The predicted molar refractivity (Wildman–Crippen MR) is 107 cm³/mol. The van der Waals surface area contributed by atoms with Gasteiger partial charge in [0.25, 0.3) is 11.8 Å². The summed E-state index contributed by atoms with van der Waals surface area (Å²) in [6.45, 7) is 2.65. The van der Waals surface area contributed by atoms with Crippen LogP contribution in [0.3, 0.4) is 0 Å². The van der Waals surface area contributed by atoms with Crippen LogP contribution in [0.15, 0.2) is 47.1 Å². The van der Waals surface area contributed by atoms with E-state index in [9.17, 15) is 14.0 Å². The van der Waals surface area contributed by atoms with Gasteiger partial charge in [-0.3, -0.25) is 9.59 Å². The fourth-order valence-corrected chi connectivity index (χ4v) is 4.21. The number of hydrogen-bond donors (Lipinski definition) is 1. The van der Waals surface area contributed by atoms with Crippen molar-refractivity contribution in [1.29, 1.82) is 0 Å². The third-order valence-electron chi connectivity index (χ3n) is 5.79. The zero-order chi connectivity index (χ0) is 21.1. The lowest BCUT2D eigenvalue weighted by atomic mass is 9.88. The standard InChI is InChI=1S/C22H26FN3O4/c1-25-14-19(20(27)24-13-16-4-6-17(23)7-5-16)30-22(15-25)8-10-26(11-9-22)21(28)18-3-2-12-29-18/h2-7,12,19H,8-11,13-15H2,1H3,(H,24,27)/t19-/m1/s1. The number of hydrogen-bond acceptors (Lipinski definition) is 5. The van der Waals surface area contributed by atoms with Gasteiger partial charge in [0.15, 0.2) is 5.76 Å². The van der Waals surface area contributed by atoms with Crippen molar-refractivity contribution in [2.45, 2.75) is 31.1 Å². The van der Waals surface area contributed by atoms with Crippen LogP contribution in [-0.4, -0.2) is 66.5 Å². The SMILES string of the molecule is CN1C[C@H](C(=O)NCc2ccc(F)cc2)OC2(CCN(C(=O)c3ccco3)CC2)C1. The molecule has 0 radical (unpaired) electrons. The van der Waals surface area contributed by atoms with Crippen molar-refractivity contribution in [2.24, 2.45) is 0 Å². The minimum atomic E-state index is -0.587. The molecule has 160 valence electrons. The van der Waals surface area contributed by atoms with E-state index < -0.39 is 11.7 Å². The zero-order valence-electron chi connectivity index (χ0n) is 17.0. The van der Waals surface area contributed by atoms with Gasteiger partial charge in [0.2, 0.25) is 0 Å². The maximum absolute atomic E-state index is 13.0. The van der Waals surface area contributed by atoms with E-state index in [2.05, 4.69) is 10.2 Å². The Labute approximate surface area is 174 Å². The molecule has 1 aromatic heterocycles. The number of benzene rings is 1. The summed E-state index contributed by atoms with van der Waals surface area (Å²) in [5, 5.41) is 2.89. The molecule has 0 aliphatic carbocycles. The Bertz CT molecular complexity index is 876. The molecule has 2 aromatic rings. The quantitative estimate of drug-likeness (QED) is 0.827. The number of ether oxygens (including phenoxy) is 1. The van der Waals surface area contributed by atoms with Crippen LogP contribution >= 0.6 is 0 Å². The van der Waals surface area contributed by atoms with E-state index >= 15 is 0 Å². The number of likely N-dealkylation sites (N-methyl/N-ethyl adjacent to an activating group) is 1. The molecular weight excluding hydrogens is 389 g/mol. The summed E-state index contributed by atoms with van der Waals surface area (Å²) in [4.78, 5) is 29.1. The molecule has 2 aliphatic heterocycles. The first kappa shape index (κ1) is 20.6. The summed E-state index contributed by atoms with van der Waals surface area (Å²) in [5.41, 5.74) is 0.374. The van der Waals surface area contributed by atoms with Gasteiger partial charge in [-0.25, -0.2) is 4.39 Å². The molecule has 0 saturated carbocycles. The Morgan fingerprint density at radius 3 is 2.60 bits per heavy atom. The summed E-state index contributed by atoms with van der Waals surface area (Å²) in [6.07, 6.45) is 2.22. The van der Waals surface area contributed by atoms with Gasteiger partial charge in [-0.15, -0.1) is 0 Å². The summed E-state index contributed by atoms with van der Waals surface area (Å²) in [6, 6.07) is 9.41. The molecule has 1 aromatic carbocycles. The second kappa shape index (κ2) is 8.57. The van der Waals surface area contributed by atoms with Crippen LogP contribution in [0, 0.1) is 5.82 Å². The van der Waals surface area contributed by atoms with Crippen LogP contribution in [0.25, 0.3) is 0 Å². The predicted octanol–water partition coefficient (Wildman–Crippen LogP) is 2.04. The van der Waals surface area contributed by atoms with Crippen LogP contribution < -0.4 is 5.32 Å². The molecule has 2 amide bonds. The molecule has 0 bridgehead atoms. The molecule has 1 atom stereocenters. The number of carbonyl (C=O) groups excluding carboxylic acids is 2. The van der Waals surface area contributed by atoms with Crippen molar-refractivity contribution >= 4 is 11.8 Å². The van der Waals surface area contributed by atoms with E-state index in [0.29, 0.717) is 44.8 Å². The van der Waals surface area contributed by atoms with E-state index in [-0.39, 0.29) is 17.6 Å². The lowest BCUT2D eigenvalue weighted by Crippen LogP contribution is -2.61. The van der Waals surface area contributed by atoms with Crippen LogP contribution in [-0.2, 0) is 16.1 Å². The van der Waals surface area contributed by atoms with Crippen molar-refractivity contribution in [2.75, 3.05) is 33.2 Å². The number of nitrogens with zero attached hydrogens (tertiary/aromatic N) is 2. The summed E-state index contributed by atoms with van der Waals surface area (Å²) in [5.74, 6) is -0.265. The number of piperidine rings is 1. The number of morpholine rings is 1. The molecular formula is C22H26FN3O4. The maximum atomic E-state index is 13.0. The van der Waals surface area contributed by atoms with Crippen molar-refractivity contribution in [3.63, 3.8) is 0 Å². The van der Waals surface area contributed by atoms with Gasteiger partial charge in [-0.05, 0) is 49.7 Å². The number of amides is 2. The van der Waals surface area contributed by atoms with Crippen molar-refractivity contribution in [1.82, 2.24) is 15.1 Å². The molecule has 1 spiro atoms. The second-order valence-electron chi connectivity index (χ2n) is 8.10. The highest BCUT2D eigenvalue weighted by molar-refractivity contribution is 5.91. The highest BCUT2D eigenvalue weighted by Crippen LogP contribution is 2.32. The third-order valence-corrected chi connectivity index (χ3v) is 5.79. The molecule has 3 heterocycles. The Morgan fingerprint density at radius 2 is 1.93 bits per heavy atom. The van der Waals surface area contributed by atoms with E-state index in [1.54, 1.807) is 29.2 Å². The molecule has 2 saturated heterocycles. The Balaban J connectivity index is 1.34. The van der Waals surface area contributed by atoms with Crippen molar-refractivity contribution < 1.29 is 23.1 Å². The minimum absolute atomic E-state index is 0.118. The van der Waals surface area contributed by atoms with Gasteiger partial charge in [-0.1, -0.05) is 12.1 Å². The fourth-order valence-electron chi connectivity index (χ4n) is 4.21.